The summed E-state index contributed by atoms with van der Waals surface area (Å²) in [4.78, 5) is 10.5. The Balaban J connectivity index is 2.36. The second kappa shape index (κ2) is 8.98. The van der Waals surface area contributed by atoms with Gasteiger partial charge in [0.2, 0.25) is 0 Å². The maximum absolute atomic E-state index is 10.5. The first-order valence-electron chi connectivity index (χ1n) is 7.05. The van der Waals surface area contributed by atoms with Gasteiger partial charge in [-0.05, 0) is 30.4 Å². The van der Waals surface area contributed by atoms with Crippen LogP contribution in [0.3, 0.4) is 0 Å². The first-order chi connectivity index (χ1) is 9.11. The maximum atomic E-state index is 10.5. The van der Waals surface area contributed by atoms with E-state index in [1.807, 2.05) is 0 Å². The van der Waals surface area contributed by atoms with Crippen LogP contribution in [0.25, 0.3) is 0 Å². The number of aliphatic carboxylic acids is 1. The van der Waals surface area contributed by atoms with E-state index in [0.717, 1.165) is 12.0 Å². The minimum Gasteiger partial charge on any atom is -0.481 e. The molecule has 0 radical (unpaired) electrons. The number of rotatable bonds is 9. The standard InChI is InChI=1S/C16H23ClO2/c1-2-3-4-5-6-13-7-9-14(10-8-13)11-15(17)12-16(18)19/h7-10,15H,2-6,11-12H2,1H3,(H,18,19). The summed E-state index contributed by atoms with van der Waals surface area (Å²) < 4.78 is 0. The molecule has 3 heteroatoms. The number of hydrogen-bond acceptors (Lipinski definition) is 1. The number of carbonyl (C=O) groups is 1. The maximum Gasteiger partial charge on any atom is 0.304 e. The quantitative estimate of drug-likeness (QED) is 0.537. The molecule has 0 bridgehead atoms. The average Bonchev–Trinajstić information content (AvgIpc) is 2.35. The average molecular weight is 283 g/mol. The van der Waals surface area contributed by atoms with Crippen molar-refractivity contribution < 1.29 is 9.90 Å². The molecule has 0 fully saturated rings. The fourth-order valence-corrected chi connectivity index (χ4v) is 2.43. The van der Waals surface area contributed by atoms with Gasteiger partial charge in [-0.25, -0.2) is 0 Å². The Labute approximate surface area is 120 Å². The van der Waals surface area contributed by atoms with Crippen molar-refractivity contribution in [1.29, 1.82) is 0 Å². The predicted octanol–water partition coefficient (Wildman–Crippen LogP) is 4.43. The molecule has 0 heterocycles. The van der Waals surface area contributed by atoms with Crippen LogP contribution in [0.1, 0.15) is 50.2 Å². The van der Waals surface area contributed by atoms with E-state index in [1.54, 1.807) is 0 Å². The van der Waals surface area contributed by atoms with Gasteiger partial charge in [0.05, 0.1) is 6.42 Å². The lowest BCUT2D eigenvalue weighted by atomic mass is 10.0. The zero-order chi connectivity index (χ0) is 14.1. The Morgan fingerprint density at radius 3 is 2.37 bits per heavy atom. The number of unbranched alkanes of at least 4 members (excludes halogenated alkanes) is 3. The van der Waals surface area contributed by atoms with E-state index in [-0.39, 0.29) is 11.8 Å². The molecule has 0 amide bonds. The summed E-state index contributed by atoms with van der Waals surface area (Å²) in [5, 5.41) is 8.34. The van der Waals surface area contributed by atoms with Crippen LogP contribution in [0.15, 0.2) is 24.3 Å². The first kappa shape index (κ1) is 16.0. The van der Waals surface area contributed by atoms with Crippen LogP contribution in [0.2, 0.25) is 0 Å². The van der Waals surface area contributed by atoms with Gasteiger partial charge in [-0.1, -0.05) is 50.5 Å². The minimum atomic E-state index is -0.840. The summed E-state index contributed by atoms with van der Waals surface area (Å²) >= 11 is 5.99. The molecule has 0 aliphatic carbocycles. The summed E-state index contributed by atoms with van der Waals surface area (Å²) in [6, 6.07) is 8.38. The number of hydrogen-bond donors (Lipinski definition) is 1. The summed E-state index contributed by atoms with van der Waals surface area (Å²) in [7, 11) is 0. The third-order valence-electron chi connectivity index (χ3n) is 3.20. The zero-order valence-corrected chi connectivity index (χ0v) is 12.3. The molecule has 2 nitrogen and oxygen atoms in total. The first-order valence-corrected chi connectivity index (χ1v) is 7.49. The van der Waals surface area contributed by atoms with E-state index in [4.69, 9.17) is 16.7 Å². The Morgan fingerprint density at radius 1 is 1.16 bits per heavy atom. The minimum absolute atomic E-state index is 0.0142. The lowest BCUT2D eigenvalue weighted by molar-refractivity contribution is -0.137. The number of carboxylic acids is 1. The third-order valence-corrected chi connectivity index (χ3v) is 3.50. The van der Waals surface area contributed by atoms with Crippen molar-refractivity contribution in [3.63, 3.8) is 0 Å². The van der Waals surface area contributed by atoms with Crippen LogP contribution in [-0.2, 0) is 17.6 Å². The Bertz CT molecular complexity index is 373. The highest BCUT2D eigenvalue weighted by atomic mass is 35.5. The Morgan fingerprint density at radius 2 is 1.79 bits per heavy atom. The molecule has 0 aliphatic heterocycles. The largest absolute Gasteiger partial charge is 0.481 e. The van der Waals surface area contributed by atoms with Crippen molar-refractivity contribution in [3.05, 3.63) is 35.4 Å². The molecule has 19 heavy (non-hydrogen) atoms. The normalized spacial score (nSPS) is 12.3. The van der Waals surface area contributed by atoms with Crippen LogP contribution in [0.5, 0.6) is 0 Å². The second-order valence-corrected chi connectivity index (χ2v) is 5.64. The van der Waals surface area contributed by atoms with E-state index in [2.05, 4.69) is 31.2 Å². The van der Waals surface area contributed by atoms with Gasteiger partial charge in [-0.15, -0.1) is 11.6 Å². The molecule has 1 rings (SSSR count). The van der Waals surface area contributed by atoms with Crippen molar-refractivity contribution in [2.75, 3.05) is 0 Å². The van der Waals surface area contributed by atoms with Gasteiger partial charge >= 0.3 is 5.97 Å². The second-order valence-electron chi connectivity index (χ2n) is 5.03. The monoisotopic (exact) mass is 282 g/mol. The molecule has 1 N–H and O–H groups in total. The van der Waals surface area contributed by atoms with Gasteiger partial charge < -0.3 is 5.11 Å². The van der Waals surface area contributed by atoms with Crippen molar-refractivity contribution >= 4 is 17.6 Å². The van der Waals surface area contributed by atoms with Crippen LogP contribution in [-0.4, -0.2) is 16.5 Å². The molecular formula is C16H23ClO2. The Hall–Kier alpha value is -1.02. The van der Waals surface area contributed by atoms with Gasteiger partial charge in [0.25, 0.3) is 0 Å². The number of halogens is 1. The lowest BCUT2D eigenvalue weighted by Gasteiger charge is -2.08. The van der Waals surface area contributed by atoms with Crippen LogP contribution in [0, 0.1) is 0 Å². The van der Waals surface area contributed by atoms with Crippen LogP contribution in [0.4, 0.5) is 0 Å². The molecule has 1 unspecified atom stereocenters. The van der Waals surface area contributed by atoms with Gasteiger partial charge in [-0.3, -0.25) is 4.79 Å². The van der Waals surface area contributed by atoms with E-state index in [1.165, 1.54) is 31.2 Å². The smallest absolute Gasteiger partial charge is 0.304 e. The highest BCUT2D eigenvalue weighted by Gasteiger charge is 2.10. The van der Waals surface area contributed by atoms with E-state index >= 15 is 0 Å². The molecule has 0 saturated carbocycles. The summed E-state index contributed by atoms with van der Waals surface area (Å²) in [6.45, 7) is 2.22. The van der Waals surface area contributed by atoms with Gasteiger partial charge in [0.15, 0.2) is 0 Å². The van der Waals surface area contributed by atoms with E-state index < -0.39 is 5.97 Å². The summed E-state index contributed by atoms with van der Waals surface area (Å²) in [6.07, 6.45) is 6.86. The number of benzene rings is 1. The topological polar surface area (TPSA) is 37.3 Å². The zero-order valence-electron chi connectivity index (χ0n) is 11.6. The lowest BCUT2D eigenvalue weighted by Crippen LogP contribution is -2.09. The molecule has 106 valence electrons. The highest BCUT2D eigenvalue weighted by molar-refractivity contribution is 6.21. The molecule has 1 aromatic rings. The van der Waals surface area contributed by atoms with Crippen molar-refractivity contribution in [2.24, 2.45) is 0 Å². The number of alkyl halides is 1. The highest BCUT2D eigenvalue weighted by Crippen LogP contribution is 2.14. The molecule has 0 saturated heterocycles. The van der Waals surface area contributed by atoms with Gasteiger partial charge in [0, 0.05) is 5.38 Å². The van der Waals surface area contributed by atoms with Crippen molar-refractivity contribution in [2.45, 2.75) is 57.2 Å². The Kier molecular flexibility index (Phi) is 7.57. The van der Waals surface area contributed by atoms with Gasteiger partial charge in [0.1, 0.15) is 0 Å². The molecule has 0 aromatic heterocycles. The third kappa shape index (κ3) is 7.22. The van der Waals surface area contributed by atoms with E-state index in [0.29, 0.717) is 6.42 Å². The number of aryl methyl sites for hydroxylation is 1. The predicted molar refractivity (Wildman–Crippen MR) is 79.9 cm³/mol. The fraction of sp³-hybridized carbons (Fsp3) is 0.562. The summed E-state index contributed by atoms with van der Waals surface area (Å²) in [5.74, 6) is -0.840. The molecule has 1 atom stereocenters. The molecular weight excluding hydrogens is 260 g/mol. The van der Waals surface area contributed by atoms with Crippen molar-refractivity contribution in [1.82, 2.24) is 0 Å². The fourth-order valence-electron chi connectivity index (χ4n) is 2.12. The van der Waals surface area contributed by atoms with Crippen LogP contribution < -0.4 is 0 Å². The molecule has 0 aliphatic rings. The van der Waals surface area contributed by atoms with E-state index in [9.17, 15) is 4.79 Å². The van der Waals surface area contributed by atoms with Crippen LogP contribution >= 0.6 is 11.6 Å². The van der Waals surface area contributed by atoms with Gasteiger partial charge in [-0.2, -0.15) is 0 Å². The molecule has 1 aromatic carbocycles. The SMILES string of the molecule is CCCCCCc1ccc(CC(Cl)CC(=O)O)cc1. The number of carboxylic acid groups (broad SMARTS) is 1. The summed E-state index contributed by atoms with van der Waals surface area (Å²) in [5.41, 5.74) is 2.46. The van der Waals surface area contributed by atoms with Crippen molar-refractivity contribution in [3.8, 4) is 0 Å². The molecule has 0 spiro atoms.